The lowest BCUT2D eigenvalue weighted by molar-refractivity contribution is -0.125. The number of anilines is 1. The van der Waals surface area contributed by atoms with E-state index in [1.54, 1.807) is 17.1 Å². The van der Waals surface area contributed by atoms with Gasteiger partial charge >= 0.3 is 0 Å². The van der Waals surface area contributed by atoms with Crippen molar-refractivity contribution < 1.29 is 4.79 Å². The van der Waals surface area contributed by atoms with Crippen molar-refractivity contribution in [2.24, 2.45) is 7.05 Å². The van der Waals surface area contributed by atoms with Crippen LogP contribution in [0.4, 0.5) is 5.82 Å². The summed E-state index contributed by atoms with van der Waals surface area (Å²) in [5, 5.41) is 8.06. The van der Waals surface area contributed by atoms with Gasteiger partial charge in [0.15, 0.2) is 0 Å². The van der Waals surface area contributed by atoms with Crippen LogP contribution in [-0.4, -0.2) is 48.3 Å². The molecule has 0 atom stereocenters. The molecule has 28 heavy (non-hydrogen) atoms. The van der Waals surface area contributed by atoms with E-state index in [2.05, 4.69) is 21.8 Å². The normalized spacial score (nSPS) is 14.2. The van der Waals surface area contributed by atoms with Crippen LogP contribution in [-0.2, 0) is 11.8 Å². The van der Waals surface area contributed by atoms with Crippen LogP contribution in [0.15, 0.2) is 42.1 Å². The van der Waals surface area contributed by atoms with Crippen molar-refractivity contribution in [3.63, 3.8) is 0 Å². The van der Waals surface area contributed by atoms with Crippen molar-refractivity contribution in [1.82, 2.24) is 29.3 Å². The van der Waals surface area contributed by atoms with E-state index in [1.165, 1.54) is 29.5 Å². The molecule has 0 aromatic carbocycles. The number of rotatable bonds is 2. The van der Waals surface area contributed by atoms with Crippen molar-refractivity contribution in [2.75, 3.05) is 18.8 Å². The van der Waals surface area contributed by atoms with Crippen LogP contribution >= 0.6 is 0 Å². The van der Waals surface area contributed by atoms with Crippen LogP contribution in [0.1, 0.15) is 25.7 Å². The topological polar surface area (TPSA) is 114 Å². The van der Waals surface area contributed by atoms with Gasteiger partial charge in [-0.25, -0.2) is 4.52 Å². The average molecular weight is 383 g/mol. The molecule has 1 fully saturated rings. The van der Waals surface area contributed by atoms with E-state index in [1.807, 2.05) is 18.1 Å². The summed E-state index contributed by atoms with van der Waals surface area (Å²) < 4.78 is 3.13. The molecular weight excluding hydrogens is 358 g/mol. The number of H-pyrrole nitrogens is 1. The molecule has 1 amide bonds. The minimum Gasteiger partial charge on any atom is -0.382 e. The molecule has 4 heterocycles. The lowest BCUT2D eigenvalue weighted by atomic mass is 10.2. The maximum atomic E-state index is 11.8. The van der Waals surface area contributed by atoms with Gasteiger partial charge in [0, 0.05) is 38.0 Å². The largest absolute Gasteiger partial charge is 0.382 e. The van der Waals surface area contributed by atoms with E-state index < -0.39 is 0 Å². The Bertz CT molecular complexity index is 1020. The summed E-state index contributed by atoms with van der Waals surface area (Å²) in [5.74, 6) is 0.408. The third kappa shape index (κ3) is 4.48. The maximum Gasteiger partial charge on any atom is 0.274 e. The van der Waals surface area contributed by atoms with Gasteiger partial charge in [-0.3, -0.25) is 14.3 Å². The zero-order valence-corrected chi connectivity index (χ0v) is 16.0. The second-order valence-corrected chi connectivity index (χ2v) is 6.74. The molecule has 9 heteroatoms. The first kappa shape index (κ1) is 19.4. The Kier molecular flexibility index (Phi) is 5.93. The fraction of sp³-hybridized carbons (Fsp3) is 0.368. The lowest BCUT2D eigenvalue weighted by Crippen LogP contribution is -2.29. The first-order valence-electron chi connectivity index (χ1n) is 9.26. The molecule has 0 bridgehead atoms. The van der Waals surface area contributed by atoms with E-state index in [4.69, 9.17) is 5.73 Å². The number of carbonyl (C=O) groups excluding carboxylic acids is 1. The number of nitrogens with one attached hydrogen (secondary N) is 1. The van der Waals surface area contributed by atoms with Crippen molar-refractivity contribution >= 4 is 17.2 Å². The zero-order chi connectivity index (χ0) is 20.1. The van der Waals surface area contributed by atoms with E-state index >= 15 is 0 Å². The Morgan fingerprint density at radius 1 is 1.25 bits per heavy atom. The molecule has 3 N–H and O–H groups in total. The highest BCUT2D eigenvalue weighted by Crippen LogP contribution is 2.14. The van der Waals surface area contributed by atoms with Crippen LogP contribution in [0.3, 0.4) is 0 Å². The lowest BCUT2D eigenvalue weighted by Gasteiger charge is -2.17. The SMILES string of the molecule is C=CC(=O)N1CCCCCC1.Cn1cc(-c2cn3nc(N)cc3c(=O)[nH]2)cn1. The number of aryl methyl sites for hydroxylation is 1. The van der Waals surface area contributed by atoms with Gasteiger partial charge in [-0.2, -0.15) is 10.2 Å². The number of aromatic amines is 1. The van der Waals surface area contributed by atoms with Gasteiger partial charge in [0.1, 0.15) is 11.3 Å². The summed E-state index contributed by atoms with van der Waals surface area (Å²) in [6, 6.07) is 1.53. The molecule has 0 spiro atoms. The number of nitrogen functional groups attached to an aromatic ring is 1. The van der Waals surface area contributed by atoms with Gasteiger partial charge in [0.2, 0.25) is 5.91 Å². The summed E-state index contributed by atoms with van der Waals surface area (Å²) >= 11 is 0. The molecule has 1 aliphatic heterocycles. The quantitative estimate of drug-likeness (QED) is 0.652. The summed E-state index contributed by atoms with van der Waals surface area (Å²) in [6.07, 6.45) is 11.4. The van der Waals surface area contributed by atoms with Gasteiger partial charge in [-0.15, -0.1) is 0 Å². The van der Waals surface area contributed by atoms with Crippen LogP contribution in [0.2, 0.25) is 0 Å². The Labute approximate surface area is 162 Å². The summed E-state index contributed by atoms with van der Waals surface area (Å²) in [4.78, 5) is 27.6. The number of hydrogen-bond donors (Lipinski definition) is 2. The molecule has 0 aliphatic carbocycles. The molecule has 1 aliphatic rings. The highest BCUT2D eigenvalue weighted by molar-refractivity contribution is 5.86. The average Bonchev–Trinajstić information content (AvgIpc) is 3.17. The Morgan fingerprint density at radius 2 is 1.96 bits per heavy atom. The second-order valence-electron chi connectivity index (χ2n) is 6.74. The highest BCUT2D eigenvalue weighted by Gasteiger charge is 2.11. The van der Waals surface area contributed by atoms with Gasteiger partial charge < -0.3 is 15.6 Å². The zero-order valence-electron chi connectivity index (χ0n) is 16.0. The number of likely N-dealkylation sites (tertiary alicyclic amines) is 1. The second kappa shape index (κ2) is 8.55. The molecule has 3 aromatic rings. The van der Waals surface area contributed by atoms with Gasteiger partial charge in [0.25, 0.3) is 5.56 Å². The number of amides is 1. The number of aromatic nitrogens is 5. The molecule has 0 unspecified atom stereocenters. The minimum atomic E-state index is -0.226. The van der Waals surface area contributed by atoms with Gasteiger partial charge in [-0.1, -0.05) is 19.4 Å². The van der Waals surface area contributed by atoms with Crippen LogP contribution in [0.5, 0.6) is 0 Å². The van der Waals surface area contributed by atoms with Crippen molar-refractivity contribution in [3.05, 3.63) is 47.7 Å². The molecule has 0 radical (unpaired) electrons. The predicted molar refractivity (Wildman–Crippen MR) is 108 cm³/mol. The van der Waals surface area contributed by atoms with Crippen molar-refractivity contribution in [3.8, 4) is 11.3 Å². The number of hydrogen-bond acceptors (Lipinski definition) is 5. The first-order chi connectivity index (χ1) is 13.5. The smallest absolute Gasteiger partial charge is 0.274 e. The third-order valence-corrected chi connectivity index (χ3v) is 4.60. The van der Waals surface area contributed by atoms with E-state index in [9.17, 15) is 9.59 Å². The van der Waals surface area contributed by atoms with E-state index in [-0.39, 0.29) is 11.5 Å². The number of nitrogens with two attached hydrogens (primary N) is 1. The van der Waals surface area contributed by atoms with Crippen LogP contribution < -0.4 is 11.3 Å². The predicted octanol–water partition coefficient (Wildman–Crippen LogP) is 1.58. The van der Waals surface area contributed by atoms with Crippen molar-refractivity contribution in [2.45, 2.75) is 25.7 Å². The molecule has 3 aromatic heterocycles. The van der Waals surface area contributed by atoms with Crippen molar-refractivity contribution in [1.29, 1.82) is 0 Å². The first-order valence-corrected chi connectivity index (χ1v) is 9.26. The fourth-order valence-electron chi connectivity index (χ4n) is 3.15. The number of carbonyl (C=O) groups is 1. The van der Waals surface area contributed by atoms with Gasteiger partial charge in [0.05, 0.1) is 18.1 Å². The standard InChI is InChI=1S/C10H10N6O.C9H15NO/c1-15-4-6(3-12-15)7-5-16-8(10(17)13-7)2-9(11)14-16;1-2-9(11)10-7-5-3-4-6-8-10/h2-5H,1H3,(H2,11,14)(H,13,17);2H,1,3-8H2. The third-order valence-electron chi connectivity index (χ3n) is 4.60. The summed E-state index contributed by atoms with van der Waals surface area (Å²) in [5.41, 5.74) is 7.22. The number of fused-ring (bicyclic) bond motifs is 1. The van der Waals surface area contributed by atoms with Crippen LogP contribution in [0, 0.1) is 0 Å². The molecule has 1 saturated heterocycles. The fourth-order valence-corrected chi connectivity index (χ4v) is 3.15. The van der Waals surface area contributed by atoms with Crippen LogP contribution in [0.25, 0.3) is 16.8 Å². The summed E-state index contributed by atoms with van der Waals surface area (Å²) in [6.45, 7) is 5.32. The molecule has 9 nitrogen and oxygen atoms in total. The maximum absolute atomic E-state index is 11.8. The molecule has 0 saturated carbocycles. The summed E-state index contributed by atoms with van der Waals surface area (Å²) in [7, 11) is 1.81. The molecule has 4 rings (SSSR count). The monoisotopic (exact) mass is 383 g/mol. The van der Waals surface area contributed by atoms with Gasteiger partial charge in [-0.05, 0) is 18.9 Å². The molecule has 148 valence electrons. The number of nitrogens with zero attached hydrogens (tertiary/aromatic N) is 5. The minimum absolute atomic E-state index is 0.0897. The Hall–Kier alpha value is -3.36. The van der Waals surface area contributed by atoms with E-state index in [0.29, 0.717) is 17.0 Å². The Balaban J connectivity index is 0.000000178. The highest BCUT2D eigenvalue weighted by atomic mass is 16.2. The van der Waals surface area contributed by atoms with E-state index in [0.717, 1.165) is 31.5 Å². The Morgan fingerprint density at radius 3 is 2.57 bits per heavy atom. The molecular formula is C19H25N7O2.